The van der Waals surface area contributed by atoms with Crippen LogP contribution in [-0.4, -0.2) is 52.3 Å². The summed E-state index contributed by atoms with van der Waals surface area (Å²) in [6.07, 6.45) is 2.06. The lowest BCUT2D eigenvalue weighted by Gasteiger charge is -2.14. The van der Waals surface area contributed by atoms with E-state index in [1.54, 1.807) is 11.8 Å². The van der Waals surface area contributed by atoms with Gasteiger partial charge in [0.15, 0.2) is 0 Å². The average molecular weight is 278 g/mol. The number of nitrogens with one attached hydrogen (secondary N) is 2. The van der Waals surface area contributed by atoms with Gasteiger partial charge in [0.2, 0.25) is 0 Å². The second-order valence-electron chi connectivity index (χ2n) is 3.72. The molecule has 0 saturated heterocycles. The molecule has 0 fully saturated rings. The summed E-state index contributed by atoms with van der Waals surface area (Å²) in [5, 5.41) is 22.2. The minimum atomic E-state index is -1.42. The van der Waals surface area contributed by atoms with Gasteiger partial charge < -0.3 is 20.8 Å². The molecule has 0 aromatic carbocycles. The third-order valence-electron chi connectivity index (χ3n) is 2.22. The molecular formula is C10H18N2O5S. The number of urea groups is 1. The zero-order chi connectivity index (χ0) is 14.1. The van der Waals surface area contributed by atoms with Crippen molar-refractivity contribution in [3.63, 3.8) is 0 Å². The van der Waals surface area contributed by atoms with Crippen LogP contribution in [0.2, 0.25) is 0 Å². The molecule has 7 nitrogen and oxygen atoms in total. The van der Waals surface area contributed by atoms with E-state index in [0.717, 1.165) is 6.42 Å². The van der Waals surface area contributed by atoms with Gasteiger partial charge in [0.05, 0.1) is 6.42 Å². The van der Waals surface area contributed by atoms with Crippen molar-refractivity contribution in [2.75, 3.05) is 12.8 Å². The van der Waals surface area contributed by atoms with Crippen LogP contribution in [-0.2, 0) is 9.59 Å². The predicted octanol–water partition coefficient (Wildman–Crippen LogP) is 0.355. The summed E-state index contributed by atoms with van der Waals surface area (Å²) in [4.78, 5) is 32.4. The molecule has 18 heavy (non-hydrogen) atoms. The number of carboxylic acids is 2. The lowest BCUT2D eigenvalue weighted by Crippen LogP contribution is -2.47. The molecule has 0 spiro atoms. The first kappa shape index (κ1) is 16.6. The largest absolute Gasteiger partial charge is 0.481 e. The van der Waals surface area contributed by atoms with E-state index in [1.807, 2.05) is 13.2 Å². The number of rotatable bonds is 8. The second-order valence-corrected chi connectivity index (χ2v) is 5.00. The Morgan fingerprint density at radius 1 is 1.28 bits per heavy atom. The summed E-state index contributed by atoms with van der Waals surface area (Å²) < 4.78 is 0. The van der Waals surface area contributed by atoms with Gasteiger partial charge >= 0.3 is 18.0 Å². The van der Waals surface area contributed by atoms with Crippen LogP contribution in [0.3, 0.4) is 0 Å². The highest BCUT2D eigenvalue weighted by Crippen LogP contribution is 2.07. The molecule has 104 valence electrons. The Balaban J connectivity index is 4.03. The van der Waals surface area contributed by atoms with E-state index in [1.165, 1.54) is 0 Å². The van der Waals surface area contributed by atoms with Gasteiger partial charge in [-0.15, -0.1) is 0 Å². The summed E-state index contributed by atoms with van der Waals surface area (Å²) >= 11 is 1.66. The molecule has 0 heterocycles. The summed E-state index contributed by atoms with van der Waals surface area (Å²) in [5.74, 6) is -2.65. The zero-order valence-electron chi connectivity index (χ0n) is 10.3. The molecule has 0 aromatic heterocycles. The molecule has 2 atom stereocenters. The van der Waals surface area contributed by atoms with Crippen LogP contribution in [0.5, 0.6) is 0 Å². The van der Waals surface area contributed by atoms with Crippen molar-refractivity contribution in [2.24, 2.45) is 0 Å². The number of carbonyl (C=O) groups is 3. The fraction of sp³-hybridized carbons (Fsp3) is 0.700. The standard InChI is InChI=1S/C10H18N2O5S/c1-6(18-2)3-4-11-10(17)12-7(9(15)16)5-8(13)14/h6-7H,3-5H2,1-2H3,(H,13,14)(H,15,16)(H2,11,12,17). The molecule has 0 aliphatic heterocycles. The van der Waals surface area contributed by atoms with E-state index in [4.69, 9.17) is 10.2 Å². The van der Waals surface area contributed by atoms with Crippen LogP contribution in [0.4, 0.5) is 4.79 Å². The van der Waals surface area contributed by atoms with Crippen LogP contribution in [0.25, 0.3) is 0 Å². The first-order valence-electron chi connectivity index (χ1n) is 5.38. The van der Waals surface area contributed by atoms with Gasteiger partial charge in [-0.05, 0) is 12.7 Å². The van der Waals surface area contributed by atoms with Crippen LogP contribution < -0.4 is 10.6 Å². The molecule has 0 saturated carbocycles. The van der Waals surface area contributed by atoms with E-state index >= 15 is 0 Å². The van der Waals surface area contributed by atoms with Crippen molar-refractivity contribution in [1.29, 1.82) is 0 Å². The molecule has 0 aliphatic rings. The quantitative estimate of drug-likeness (QED) is 0.509. The maximum atomic E-state index is 11.3. The van der Waals surface area contributed by atoms with E-state index in [2.05, 4.69) is 10.6 Å². The number of hydrogen-bond acceptors (Lipinski definition) is 4. The highest BCUT2D eigenvalue weighted by molar-refractivity contribution is 7.99. The highest BCUT2D eigenvalue weighted by atomic mass is 32.2. The molecule has 0 radical (unpaired) electrons. The number of hydrogen-bond donors (Lipinski definition) is 4. The van der Waals surface area contributed by atoms with Crippen LogP contribution in [0, 0.1) is 0 Å². The number of carboxylic acid groups (broad SMARTS) is 2. The van der Waals surface area contributed by atoms with Gasteiger partial charge in [-0.1, -0.05) is 6.92 Å². The Labute approximate surface area is 109 Å². The first-order valence-corrected chi connectivity index (χ1v) is 6.67. The lowest BCUT2D eigenvalue weighted by molar-refractivity contribution is -0.145. The van der Waals surface area contributed by atoms with Crippen LogP contribution in [0.1, 0.15) is 19.8 Å². The van der Waals surface area contributed by atoms with Crippen LogP contribution >= 0.6 is 11.8 Å². The molecule has 8 heteroatoms. The Morgan fingerprint density at radius 2 is 1.89 bits per heavy atom. The lowest BCUT2D eigenvalue weighted by atomic mass is 10.2. The van der Waals surface area contributed by atoms with Crippen molar-refractivity contribution in [3.05, 3.63) is 0 Å². The van der Waals surface area contributed by atoms with Gasteiger partial charge in [-0.3, -0.25) is 4.79 Å². The third-order valence-corrected chi connectivity index (χ3v) is 3.26. The Hall–Kier alpha value is -1.44. The van der Waals surface area contributed by atoms with Crippen LogP contribution in [0.15, 0.2) is 0 Å². The van der Waals surface area contributed by atoms with Crippen molar-refractivity contribution in [2.45, 2.75) is 31.1 Å². The number of amides is 2. The summed E-state index contributed by atoms with van der Waals surface area (Å²) in [7, 11) is 0. The predicted molar refractivity (Wildman–Crippen MR) is 67.8 cm³/mol. The Morgan fingerprint density at radius 3 is 2.33 bits per heavy atom. The fourth-order valence-electron chi connectivity index (χ4n) is 1.09. The molecule has 0 aliphatic carbocycles. The number of carbonyl (C=O) groups excluding carboxylic acids is 1. The van der Waals surface area contributed by atoms with Gasteiger partial charge in [0.25, 0.3) is 0 Å². The molecule has 2 amide bonds. The van der Waals surface area contributed by atoms with Gasteiger partial charge in [0, 0.05) is 11.8 Å². The smallest absolute Gasteiger partial charge is 0.326 e. The highest BCUT2D eigenvalue weighted by Gasteiger charge is 2.22. The molecule has 0 bridgehead atoms. The van der Waals surface area contributed by atoms with E-state index in [9.17, 15) is 14.4 Å². The van der Waals surface area contributed by atoms with Gasteiger partial charge in [-0.25, -0.2) is 9.59 Å². The molecular weight excluding hydrogens is 260 g/mol. The summed E-state index contributed by atoms with van der Waals surface area (Å²) in [6.45, 7) is 2.42. The van der Waals surface area contributed by atoms with E-state index < -0.39 is 30.4 Å². The summed E-state index contributed by atoms with van der Waals surface area (Å²) in [6, 6.07) is -2.09. The van der Waals surface area contributed by atoms with Gasteiger partial charge in [0.1, 0.15) is 6.04 Å². The van der Waals surface area contributed by atoms with E-state index in [0.29, 0.717) is 11.8 Å². The molecule has 2 unspecified atom stereocenters. The molecule has 0 rings (SSSR count). The molecule has 0 aromatic rings. The minimum absolute atomic E-state index is 0.389. The summed E-state index contributed by atoms with van der Waals surface area (Å²) in [5.41, 5.74) is 0. The van der Waals surface area contributed by atoms with Crippen molar-refractivity contribution < 1.29 is 24.6 Å². The SMILES string of the molecule is CSC(C)CCNC(=O)NC(CC(=O)O)C(=O)O. The van der Waals surface area contributed by atoms with Gasteiger partial charge in [-0.2, -0.15) is 11.8 Å². The van der Waals surface area contributed by atoms with Crippen molar-refractivity contribution in [3.8, 4) is 0 Å². The monoisotopic (exact) mass is 278 g/mol. The molecule has 4 N–H and O–H groups in total. The first-order chi connectivity index (χ1) is 8.36. The fourth-order valence-corrected chi connectivity index (χ4v) is 1.44. The zero-order valence-corrected chi connectivity index (χ0v) is 11.1. The Kier molecular flexibility index (Phi) is 7.93. The topological polar surface area (TPSA) is 116 Å². The van der Waals surface area contributed by atoms with Crippen molar-refractivity contribution in [1.82, 2.24) is 10.6 Å². The normalized spacial score (nSPS) is 13.4. The number of thioether (sulfide) groups is 1. The average Bonchev–Trinajstić information content (AvgIpc) is 2.27. The maximum Gasteiger partial charge on any atom is 0.326 e. The second kappa shape index (κ2) is 8.62. The minimum Gasteiger partial charge on any atom is -0.481 e. The van der Waals surface area contributed by atoms with Crippen molar-refractivity contribution >= 4 is 29.7 Å². The Bertz CT molecular complexity index is 311. The number of aliphatic carboxylic acids is 2. The maximum absolute atomic E-state index is 11.3. The van der Waals surface area contributed by atoms with E-state index in [-0.39, 0.29) is 0 Å². The third kappa shape index (κ3) is 7.77.